The van der Waals surface area contributed by atoms with Crippen LogP contribution in [0.1, 0.15) is 0 Å². The minimum absolute atomic E-state index is 0.594. The van der Waals surface area contributed by atoms with Gasteiger partial charge in [-0.1, -0.05) is 152 Å². The van der Waals surface area contributed by atoms with Crippen LogP contribution in [-0.4, -0.2) is 24.1 Å². The molecule has 0 aliphatic carbocycles. The van der Waals surface area contributed by atoms with E-state index in [-0.39, 0.29) is 0 Å². The molecule has 10 aromatic carbocycles. The summed E-state index contributed by atoms with van der Waals surface area (Å²) in [5.41, 5.74) is 15.9. The smallest absolute Gasteiger partial charge is 0.164 e. The first kappa shape index (κ1) is 38.8. The highest BCUT2D eigenvalue weighted by atomic mass is 16.3. The van der Waals surface area contributed by atoms with Crippen molar-refractivity contribution in [2.75, 3.05) is 0 Å². The average Bonchev–Trinajstić information content (AvgIpc) is 4.08. The quantitative estimate of drug-likeness (QED) is 0.160. The van der Waals surface area contributed by atoms with Gasteiger partial charge in [-0.25, -0.2) is 15.0 Å². The average molecular weight is 882 g/mol. The topological polar surface area (TPSA) is 61.7 Å². The van der Waals surface area contributed by atoms with Crippen LogP contribution in [0.3, 0.4) is 0 Å². The summed E-state index contributed by atoms with van der Waals surface area (Å²) in [6, 6.07) is 83.5. The van der Waals surface area contributed by atoms with E-state index in [4.69, 9.17) is 19.4 Å². The second kappa shape index (κ2) is 15.6. The van der Waals surface area contributed by atoms with E-state index >= 15 is 0 Å². The van der Waals surface area contributed by atoms with E-state index in [9.17, 15) is 0 Å². The Balaban J connectivity index is 0.800. The SMILES string of the molecule is c1ccc(-c2nc(-c3ccccc3)nc(-c3ccc4c(c3)oc3cc(-c5ccc(-n6c7ccccc7c7cc(-c8ccc9c(c8)c8ccccc8n9-c8ccccc8)ccc76)cc5)ccc34)n2)cc1. The summed E-state index contributed by atoms with van der Waals surface area (Å²) >= 11 is 0. The van der Waals surface area contributed by atoms with Crippen LogP contribution in [0.15, 0.2) is 241 Å². The lowest BCUT2D eigenvalue weighted by Crippen LogP contribution is -2.00. The lowest BCUT2D eigenvalue weighted by molar-refractivity contribution is 0.669. The second-order valence-electron chi connectivity index (χ2n) is 17.6. The number of nitrogens with zero attached hydrogens (tertiary/aromatic N) is 5. The molecule has 0 saturated heterocycles. The largest absolute Gasteiger partial charge is 0.456 e. The Bertz CT molecular complexity index is 4230. The maximum Gasteiger partial charge on any atom is 0.164 e. The van der Waals surface area contributed by atoms with Crippen molar-refractivity contribution in [1.29, 1.82) is 0 Å². The predicted molar refractivity (Wildman–Crippen MR) is 283 cm³/mol. The van der Waals surface area contributed by atoms with Crippen molar-refractivity contribution in [3.05, 3.63) is 237 Å². The number of para-hydroxylation sites is 3. The monoisotopic (exact) mass is 881 g/mol. The van der Waals surface area contributed by atoms with Gasteiger partial charge in [-0.3, -0.25) is 0 Å². The molecule has 69 heavy (non-hydrogen) atoms. The maximum absolute atomic E-state index is 6.61. The summed E-state index contributed by atoms with van der Waals surface area (Å²) in [6.07, 6.45) is 0. The van der Waals surface area contributed by atoms with Crippen LogP contribution in [-0.2, 0) is 0 Å². The first-order chi connectivity index (χ1) is 34.2. The van der Waals surface area contributed by atoms with Gasteiger partial charge in [-0.05, 0) is 107 Å². The van der Waals surface area contributed by atoms with Gasteiger partial charge in [0.05, 0.1) is 22.1 Å². The molecule has 4 heterocycles. The molecule has 0 atom stereocenters. The van der Waals surface area contributed by atoms with Crippen LogP contribution in [0.5, 0.6) is 0 Å². The zero-order valence-electron chi connectivity index (χ0n) is 37.2. The lowest BCUT2D eigenvalue weighted by atomic mass is 10.0. The van der Waals surface area contributed by atoms with Crippen molar-refractivity contribution in [3.8, 4) is 67.8 Å². The third-order valence-corrected chi connectivity index (χ3v) is 13.6. The second-order valence-corrected chi connectivity index (χ2v) is 17.6. The third kappa shape index (κ3) is 6.45. The van der Waals surface area contributed by atoms with Crippen LogP contribution < -0.4 is 0 Å². The molecule has 0 saturated carbocycles. The number of benzene rings is 10. The van der Waals surface area contributed by atoms with Gasteiger partial charge < -0.3 is 13.6 Å². The normalized spacial score (nSPS) is 11.8. The molecule has 14 rings (SSSR count). The highest BCUT2D eigenvalue weighted by Crippen LogP contribution is 2.40. The van der Waals surface area contributed by atoms with Gasteiger partial charge >= 0.3 is 0 Å². The Labute approximate surface area is 396 Å². The predicted octanol–water partition coefficient (Wildman–Crippen LogP) is 16.3. The molecule has 0 N–H and O–H groups in total. The Morgan fingerprint density at radius 2 is 0.623 bits per heavy atom. The Kier molecular flexibility index (Phi) is 8.79. The van der Waals surface area contributed by atoms with Gasteiger partial charge in [0.25, 0.3) is 0 Å². The number of hydrogen-bond acceptors (Lipinski definition) is 4. The summed E-state index contributed by atoms with van der Waals surface area (Å²) in [5.74, 6) is 1.85. The molecule has 0 radical (unpaired) electrons. The maximum atomic E-state index is 6.61. The fourth-order valence-corrected chi connectivity index (χ4v) is 10.3. The lowest BCUT2D eigenvalue weighted by Gasteiger charge is -2.10. The molecular weight excluding hydrogens is 843 g/mol. The van der Waals surface area contributed by atoms with Gasteiger partial charge in [-0.2, -0.15) is 0 Å². The molecule has 322 valence electrons. The van der Waals surface area contributed by atoms with Gasteiger partial charge in [0, 0.05) is 60.4 Å². The van der Waals surface area contributed by atoms with Crippen molar-refractivity contribution in [3.63, 3.8) is 0 Å². The van der Waals surface area contributed by atoms with Crippen molar-refractivity contribution in [2.45, 2.75) is 0 Å². The van der Waals surface area contributed by atoms with Crippen LogP contribution in [0.25, 0.3) is 133 Å². The molecule has 6 nitrogen and oxygen atoms in total. The van der Waals surface area contributed by atoms with Crippen molar-refractivity contribution < 1.29 is 4.42 Å². The first-order valence-corrected chi connectivity index (χ1v) is 23.3. The summed E-state index contributed by atoms with van der Waals surface area (Å²) in [6.45, 7) is 0. The molecule has 0 aliphatic rings. The van der Waals surface area contributed by atoms with Crippen molar-refractivity contribution >= 4 is 65.6 Å². The summed E-state index contributed by atoms with van der Waals surface area (Å²) in [5, 5.41) is 7.05. The molecule has 0 unspecified atom stereocenters. The standard InChI is InChI=1S/C63H39N5O/c1-4-14-41(15-5-1)61-64-62(42-16-6-2-7-17-42)66-63(65-61)46-27-33-52-51-32-26-45(38-59(51)69-60(52)39-46)40-24-30-48(31-25-40)68-56-23-13-11-21-50(56)54-37-44(29-35-58(54)68)43-28-34-57-53(36-43)49-20-10-12-22-55(49)67(57)47-18-8-3-9-19-47/h1-39H. The molecule has 0 bridgehead atoms. The van der Waals surface area contributed by atoms with Crippen LogP contribution >= 0.6 is 0 Å². The minimum atomic E-state index is 0.594. The highest BCUT2D eigenvalue weighted by molar-refractivity contribution is 6.13. The first-order valence-electron chi connectivity index (χ1n) is 23.3. The molecule has 6 heteroatoms. The zero-order chi connectivity index (χ0) is 45.4. The number of fused-ring (bicyclic) bond motifs is 9. The van der Waals surface area contributed by atoms with Crippen molar-refractivity contribution in [1.82, 2.24) is 24.1 Å². The molecular formula is C63H39N5O. The molecule has 4 aromatic heterocycles. The number of furan rings is 1. The zero-order valence-corrected chi connectivity index (χ0v) is 37.2. The Hall–Kier alpha value is -9.39. The fraction of sp³-hybridized carbons (Fsp3) is 0. The van der Waals surface area contributed by atoms with Crippen LogP contribution in [0.4, 0.5) is 0 Å². The van der Waals surface area contributed by atoms with E-state index in [0.29, 0.717) is 17.5 Å². The Morgan fingerprint density at radius 1 is 0.246 bits per heavy atom. The number of aromatic nitrogens is 5. The van der Waals surface area contributed by atoms with E-state index in [2.05, 4.69) is 179 Å². The molecule has 0 aliphatic heterocycles. The van der Waals surface area contributed by atoms with Gasteiger partial charge in [0.2, 0.25) is 0 Å². The number of hydrogen-bond donors (Lipinski definition) is 0. The van der Waals surface area contributed by atoms with Crippen LogP contribution in [0.2, 0.25) is 0 Å². The summed E-state index contributed by atoms with van der Waals surface area (Å²) in [7, 11) is 0. The minimum Gasteiger partial charge on any atom is -0.456 e. The molecule has 14 aromatic rings. The molecule has 0 amide bonds. The molecule has 0 spiro atoms. The third-order valence-electron chi connectivity index (χ3n) is 13.6. The van der Waals surface area contributed by atoms with Gasteiger partial charge in [-0.15, -0.1) is 0 Å². The molecule has 0 fully saturated rings. The van der Waals surface area contributed by atoms with E-state index in [1.54, 1.807) is 0 Å². The van der Waals surface area contributed by atoms with E-state index in [0.717, 1.165) is 61.1 Å². The van der Waals surface area contributed by atoms with Crippen molar-refractivity contribution in [2.24, 2.45) is 0 Å². The Morgan fingerprint density at radius 3 is 1.16 bits per heavy atom. The van der Waals surface area contributed by atoms with Gasteiger partial charge in [0.15, 0.2) is 17.5 Å². The summed E-state index contributed by atoms with van der Waals surface area (Å²) in [4.78, 5) is 14.8. The van der Waals surface area contributed by atoms with E-state index < -0.39 is 0 Å². The van der Waals surface area contributed by atoms with E-state index in [1.165, 1.54) is 54.7 Å². The van der Waals surface area contributed by atoms with Gasteiger partial charge in [0.1, 0.15) is 11.2 Å². The summed E-state index contributed by atoms with van der Waals surface area (Å²) < 4.78 is 11.4. The fourth-order valence-electron chi connectivity index (χ4n) is 10.3. The number of rotatable bonds is 7. The van der Waals surface area contributed by atoms with Crippen LogP contribution in [0, 0.1) is 0 Å². The highest BCUT2D eigenvalue weighted by Gasteiger charge is 2.18. The van der Waals surface area contributed by atoms with E-state index in [1.807, 2.05) is 66.7 Å².